The van der Waals surface area contributed by atoms with Gasteiger partial charge in [-0.2, -0.15) is 0 Å². The van der Waals surface area contributed by atoms with Gasteiger partial charge in [0, 0.05) is 50.8 Å². The lowest BCUT2D eigenvalue weighted by molar-refractivity contribution is 0.0120. The van der Waals surface area contributed by atoms with Crippen molar-refractivity contribution in [3.63, 3.8) is 0 Å². The molecule has 2 saturated heterocycles. The summed E-state index contributed by atoms with van der Waals surface area (Å²) in [5, 5.41) is 3.54. The van der Waals surface area contributed by atoms with Gasteiger partial charge in [0.05, 0.1) is 23.9 Å². The van der Waals surface area contributed by atoms with Crippen molar-refractivity contribution in [1.82, 2.24) is 14.9 Å². The topological polar surface area (TPSA) is 50.3 Å². The fraction of sp³-hybridized carbons (Fsp3) is 0.444. The van der Waals surface area contributed by atoms with E-state index in [1.165, 1.54) is 5.56 Å². The Balaban J connectivity index is 1.34. The minimum absolute atomic E-state index is 0.0160. The third-order valence-corrected chi connectivity index (χ3v) is 4.77. The number of pyridine rings is 2. The van der Waals surface area contributed by atoms with Gasteiger partial charge in [-0.15, -0.1) is 0 Å². The van der Waals surface area contributed by atoms with Crippen LogP contribution in [-0.4, -0.2) is 46.2 Å². The Morgan fingerprint density at radius 3 is 2.87 bits per heavy atom. The van der Waals surface area contributed by atoms with Gasteiger partial charge in [0.2, 0.25) is 0 Å². The number of hydrogen-bond donors (Lipinski definition) is 1. The maximum absolute atomic E-state index is 6.21. The average Bonchev–Trinajstić information content (AvgIpc) is 3.16. The molecular formula is C18H22N4O. The quantitative estimate of drug-likeness (QED) is 0.939. The monoisotopic (exact) mass is 310 g/mol. The summed E-state index contributed by atoms with van der Waals surface area (Å²) in [7, 11) is 0. The fourth-order valence-corrected chi connectivity index (χ4v) is 3.72. The first-order valence-electron chi connectivity index (χ1n) is 8.23. The molecule has 5 heteroatoms. The highest BCUT2D eigenvalue weighted by molar-refractivity contribution is 5.41. The predicted octanol–water partition coefficient (Wildman–Crippen LogP) is 2.32. The van der Waals surface area contributed by atoms with Crippen LogP contribution in [0.1, 0.15) is 18.4 Å². The van der Waals surface area contributed by atoms with Gasteiger partial charge in [0.15, 0.2) is 0 Å². The van der Waals surface area contributed by atoms with Crippen molar-refractivity contribution in [3.05, 3.63) is 54.6 Å². The lowest BCUT2D eigenvalue weighted by Crippen LogP contribution is -2.33. The summed E-state index contributed by atoms with van der Waals surface area (Å²) in [5.74, 6) is 0. The van der Waals surface area contributed by atoms with Crippen LogP contribution in [0.5, 0.6) is 0 Å². The first-order valence-corrected chi connectivity index (χ1v) is 8.23. The van der Waals surface area contributed by atoms with Crippen LogP contribution in [-0.2, 0) is 11.3 Å². The Morgan fingerprint density at radius 2 is 2.09 bits per heavy atom. The van der Waals surface area contributed by atoms with Gasteiger partial charge in [-0.3, -0.25) is 14.9 Å². The number of nitrogens with zero attached hydrogens (tertiary/aromatic N) is 3. The Bertz CT molecular complexity index is 576. The van der Waals surface area contributed by atoms with Crippen molar-refractivity contribution in [2.45, 2.75) is 31.0 Å². The molecule has 2 unspecified atom stereocenters. The minimum Gasteiger partial charge on any atom is -0.379 e. The SMILES string of the molecule is c1cncc(CN2CCC3(CC(Nc4cccnc4)CO3)C2)c1. The Morgan fingerprint density at radius 1 is 1.22 bits per heavy atom. The molecule has 120 valence electrons. The molecule has 0 aromatic carbocycles. The van der Waals surface area contributed by atoms with E-state index in [2.05, 4.69) is 32.3 Å². The molecule has 0 amide bonds. The van der Waals surface area contributed by atoms with Gasteiger partial charge in [-0.25, -0.2) is 0 Å². The van der Waals surface area contributed by atoms with E-state index in [9.17, 15) is 0 Å². The Labute approximate surface area is 136 Å². The number of hydrogen-bond acceptors (Lipinski definition) is 5. The number of likely N-dealkylation sites (tertiary alicyclic amines) is 1. The molecule has 4 rings (SSSR count). The number of rotatable bonds is 4. The van der Waals surface area contributed by atoms with E-state index in [4.69, 9.17) is 4.74 Å². The molecule has 0 saturated carbocycles. The zero-order valence-corrected chi connectivity index (χ0v) is 13.2. The molecule has 1 N–H and O–H groups in total. The van der Waals surface area contributed by atoms with Gasteiger partial charge in [0.1, 0.15) is 0 Å². The summed E-state index contributed by atoms with van der Waals surface area (Å²) in [6.07, 6.45) is 9.61. The van der Waals surface area contributed by atoms with Crippen LogP contribution in [0, 0.1) is 0 Å². The molecule has 0 radical (unpaired) electrons. The van der Waals surface area contributed by atoms with Crippen LogP contribution in [0.4, 0.5) is 5.69 Å². The van der Waals surface area contributed by atoms with Crippen LogP contribution < -0.4 is 5.32 Å². The van der Waals surface area contributed by atoms with E-state index in [0.29, 0.717) is 6.04 Å². The molecule has 2 atom stereocenters. The normalized spacial score (nSPS) is 27.6. The zero-order chi connectivity index (χ0) is 15.5. The largest absolute Gasteiger partial charge is 0.379 e. The third kappa shape index (κ3) is 3.35. The van der Waals surface area contributed by atoms with Crippen molar-refractivity contribution in [2.24, 2.45) is 0 Å². The molecular weight excluding hydrogens is 288 g/mol. The lowest BCUT2D eigenvalue weighted by atomic mass is 9.97. The molecule has 2 aromatic rings. The van der Waals surface area contributed by atoms with Crippen LogP contribution in [0.25, 0.3) is 0 Å². The van der Waals surface area contributed by atoms with E-state index < -0.39 is 0 Å². The smallest absolute Gasteiger partial charge is 0.0842 e. The lowest BCUT2D eigenvalue weighted by Gasteiger charge is -2.23. The molecule has 1 spiro atoms. The maximum Gasteiger partial charge on any atom is 0.0842 e. The Kier molecular flexibility index (Phi) is 3.97. The predicted molar refractivity (Wildman–Crippen MR) is 89.1 cm³/mol. The van der Waals surface area contributed by atoms with Gasteiger partial charge in [0.25, 0.3) is 0 Å². The molecule has 2 aliphatic heterocycles. The minimum atomic E-state index is 0.0160. The molecule has 2 fully saturated rings. The first kappa shape index (κ1) is 14.6. The third-order valence-electron chi connectivity index (χ3n) is 4.77. The summed E-state index contributed by atoms with van der Waals surface area (Å²) in [6.45, 7) is 3.83. The van der Waals surface area contributed by atoms with Gasteiger partial charge in [-0.05, 0) is 30.2 Å². The van der Waals surface area contributed by atoms with E-state index in [1.54, 1.807) is 6.20 Å². The van der Waals surface area contributed by atoms with Crippen LogP contribution in [0.3, 0.4) is 0 Å². The van der Waals surface area contributed by atoms with Crippen molar-refractivity contribution in [1.29, 1.82) is 0 Å². The summed E-state index contributed by atoms with van der Waals surface area (Å²) >= 11 is 0. The molecule has 0 bridgehead atoms. The van der Waals surface area contributed by atoms with Crippen molar-refractivity contribution < 1.29 is 4.74 Å². The van der Waals surface area contributed by atoms with Gasteiger partial charge >= 0.3 is 0 Å². The summed E-state index contributed by atoms with van der Waals surface area (Å²) < 4.78 is 6.21. The van der Waals surface area contributed by atoms with Crippen LogP contribution >= 0.6 is 0 Å². The highest BCUT2D eigenvalue weighted by Gasteiger charge is 2.45. The van der Waals surface area contributed by atoms with Gasteiger partial charge < -0.3 is 10.1 Å². The Hall–Kier alpha value is -1.98. The number of ether oxygens (including phenoxy) is 1. The number of nitrogens with one attached hydrogen (secondary N) is 1. The highest BCUT2D eigenvalue weighted by Crippen LogP contribution is 2.36. The maximum atomic E-state index is 6.21. The molecule has 0 aliphatic carbocycles. The van der Waals surface area contributed by atoms with Crippen LogP contribution in [0.2, 0.25) is 0 Å². The van der Waals surface area contributed by atoms with Gasteiger partial charge in [-0.1, -0.05) is 6.07 Å². The molecule has 23 heavy (non-hydrogen) atoms. The number of aromatic nitrogens is 2. The van der Waals surface area contributed by atoms with Crippen molar-refractivity contribution in [2.75, 3.05) is 25.0 Å². The number of anilines is 1. The van der Waals surface area contributed by atoms with Crippen molar-refractivity contribution in [3.8, 4) is 0 Å². The van der Waals surface area contributed by atoms with E-state index in [0.717, 1.165) is 44.8 Å². The second-order valence-electron chi connectivity index (χ2n) is 6.60. The summed E-state index contributed by atoms with van der Waals surface area (Å²) in [6, 6.07) is 8.53. The molecule has 2 aromatic heterocycles. The summed E-state index contributed by atoms with van der Waals surface area (Å²) in [5.41, 5.74) is 2.36. The van der Waals surface area contributed by atoms with Crippen molar-refractivity contribution >= 4 is 5.69 Å². The fourth-order valence-electron chi connectivity index (χ4n) is 3.72. The van der Waals surface area contributed by atoms with E-state index in [1.807, 2.05) is 30.7 Å². The van der Waals surface area contributed by atoms with E-state index >= 15 is 0 Å². The molecule has 5 nitrogen and oxygen atoms in total. The molecule has 4 heterocycles. The molecule has 2 aliphatic rings. The summed E-state index contributed by atoms with van der Waals surface area (Å²) in [4.78, 5) is 10.8. The average molecular weight is 310 g/mol. The van der Waals surface area contributed by atoms with Crippen LogP contribution in [0.15, 0.2) is 49.1 Å². The standard InChI is InChI=1S/C18H22N4O/c1-3-15(10-19-6-1)12-22-8-5-18(14-22)9-17(13-23-18)21-16-4-2-7-20-11-16/h1-4,6-7,10-11,17,21H,5,8-9,12-14H2. The second-order valence-corrected chi connectivity index (χ2v) is 6.60. The zero-order valence-electron chi connectivity index (χ0n) is 13.2. The van der Waals surface area contributed by atoms with E-state index in [-0.39, 0.29) is 5.60 Å². The first-order chi connectivity index (χ1) is 11.3. The highest BCUT2D eigenvalue weighted by atomic mass is 16.5. The second kappa shape index (κ2) is 6.26.